The van der Waals surface area contributed by atoms with E-state index in [-0.39, 0.29) is 17.1 Å². The molecule has 5 heteroatoms. The summed E-state index contributed by atoms with van der Waals surface area (Å²) in [7, 11) is -0.382. The fourth-order valence-electron chi connectivity index (χ4n) is 1.76. The van der Waals surface area contributed by atoms with E-state index in [2.05, 4.69) is 33.9 Å². The van der Waals surface area contributed by atoms with Gasteiger partial charge in [-0.05, 0) is 24.6 Å². The molecule has 0 aromatic carbocycles. The van der Waals surface area contributed by atoms with Gasteiger partial charge in [-0.3, -0.25) is 0 Å². The molecule has 1 rings (SSSR count). The summed E-state index contributed by atoms with van der Waals surface area (Å²) >= 11 is 0. The van der Waals surface area contributed by atoms with E-state index in [9.17, 15) is 4.79 Å². The van der Waals surface area contributed by atoms with Gasteiger partial charge in [-0.15, -0.1) is 0 Å². The molecule has 2 atom stereocenters. The Hall–Kier alpha value is -0.393. The van der Waals surface area contributed by atoms with E-state index >= 15 is 0 Å². The Balaban J connectivity index is 2.60. The van der Waals surface area contributed by atoms with E-state index < -0.39 is 14.4 Å². The van der Waals surface area contributed by atoms with Crippen LogP contribution in [0.5, 0.6) is 0 Å². The Morgan fingerprint density at radius 1 is 1.33 bits per heavy atom. The summed E-state index contributed by atoms with van der Waals surface area (Å²) in [6, 6.07) is 0. The first-order chi connectivity index (χ1) is 8.17. The minimum atomic E-state index is -1.77. The van der Waals surface area contributed by atoms with Gasteiger partial charge in [0.1, 0.15) is 0 Å². The monoisotopic (exact) mass is 274 g/mol. The normalized spacial score (nSPS) is 25.9. The van der Waals surface area contributed by atoms with Crippen LogP contribution in [0.4, 0.5) is 0 Å². The summed E-state index contributed by atoms with van der Waals surface area (Å²) in [6.45, 7) is 11.7. The molecule has 2 unspecified atom stereocenters. The largest absolute Gasteiger partial charge is 0.467 e. The molecular weight excluding hydrogens is 248 g/mol. The smallest absolute Gasteiger partial charge is 0.335 e. The van der Waals surface area contributed by atoms with Crippen molar-refractivity contribution in [3.8, 4) is 0 Å². The van der Waals surface area contributed by atoms with Gasteiger partial charge in [0.25, 0.3) is 0 Å². The summed E-state index contributed by atoms with van der Waals surface area (Å²) in [4.78, 5) is 11.5. The molecular formula is C13H26O4Si. The van der Waals surface area contributed by atoms with Gasteiger partial charge in [0.05, 0.1) is 19.8 Å². The second-order valence-electron chi connectivity index (χ2n) is 6.41. The lowest BCUT2D eigenvalue weighted by Crippen LogP contribution is -2.47. The number of carbonyl (C=O) groups is 1. The molecule has 0 N–H and O–H groups in total. The minimum Gasteiger partial charge on any atom is -0.467 e. The van der Waals surface area contributed by atoms with Gasteiger partial charge >= 0.3 is 5.97 Å². The van der Waals surface area contributed by atoms with E-state index in [1.54, 1.807) is 0 Å². The van der Waals surface area contributed by atoms with Gasteiger partial charge < -0.3 is 13.9 Å². The Morgan fingerprint density at radius 3 is 2.44 bits per heavy atom. The van der Waals surface area contributed by atoms with Crippen LogP contribution in [0.1, 0.15) is 33.6 Å². The first-order valence-corrected chi connectivity index (χ1v) is 9.45. The van der Waals surface area contributed by atoms with Crippen molar-refractivity contribution in [3.63, 3.8) is 0 Å². The zero-order chi connectivity index (χ0) is 14.0. The van der Waals surface area contributed by atoms with E-state index in [4.69, 9.17) is 13.9 Å². The molecule has 1 aliphatic rings. The molecule has 0 aliphatic carbocycles. The summed E-state index contributed by atoms with van der Waals surface area (Å²) in [5, 5.41) is 0.187. The van der Waals surface area contributed by atoms with Crippen molar-refractivity contribution < 1.29 is 18.7 Å². The van der Waals surface area contributed by atoms with Gasteiger partial charge in [0.2, 0.25) is 0 Å². The molecule has 0 spiro atoms. The van der Waals surface area contributed by atoms with Crippen molar-refractivity contribution >= 4 is 14.3 Å². The van der Waals surface area contributed by atoms with Crippen molar-refractivity contribution in [2.24, 2.45) is 0 Å². The fraction of sp³-hybridized carbons (Fsp3) is 0.923. The number of carbonyl (C=O) groups excluding carboxylic acids is 1. The van der Waals surface area contributed by atoms with Gasteiger partial charge in [-0.1, -0.05) is 20.8 Å². The molecule has 18 heavy (non-hydrogen) atoms. The zero-order valence-electron chi connectivity index (χ0n) is 12.4. The number of hydrogen-bond acceptors (Lipinski definition) is 4. The Bertz CT molecular complexity index is 296. The number of hydrogen-bond donors (Lipinski definition) is 0. The molecule has 1 fully saturated rings. The molecule has 0 aromatic heterocycles. The van der Waals surface area contributed by atoms with Crippen molar-refractivity contribution in [3.05, 3.63) is 0 Å². The predicted octanol–water partition coefficient (Wildman–Crippen LogP) is 2.73. The Morgan fingerprint density at radius 2 is 1.94 bits per heavy atom. The highest BCUT2D eigenvalue weighted by molar-refractivity contribution is 6.74. The number of methoxy groups -OCH3 is 1. The average Bonchev–Trinajstić information content (AvgIpc) is 2.26. The number of ether oxygens (including phenoxy) is 2. The molecule has 0 radical (unpaired) electrons. The summed E-state index contributed by atoms with van der Waals surface area (Å²) in [5.41, 5.74) is 0. The standard InChI is InChI=1S/C13H26O4Si/c1-13(2,3)18(5,6)17-10-7-8-16-11(9-10)12(14)15-4/h10-11H,7-9H2,1-6H3. The van der Waals surface area contributed by atoms with Crippen molar-refractivity contribution in [2.75, 3.05) is 13.7 Å². The average molecular weight is 274 g/mol. The molecule has 4 nitrogen and oxygen atoms in total. The maximum atomic E-state index is 11.5. The molecule has 0 amide bonds. The van der Waals surface area contributed by atoms with Crippen LogP contribution in [0, 0.1) is 0 Å². The number of rotatable bonds is 3. The first-order valence-electron chi connectivity index (χ1n) is 6.54. The molecule has 1 heterocycles. The highest BCUT2D eigenvalue weighted by Gasteiger charge is 2.41. The summed E-state index contributed by atoms with van der Waals surface area (Å²) in [5.74, 6) is -0.293. The Labute approximate surface area is 111 Å². The van der Waals surface area contributed by atoms with Crippen LogP contribution in [-0.2, 0) is 18.7 Å². The third-order valence-electron chi connectivity index (χ3n) is 3.97. The first kappa shape index (κ1) is 15.7. The molecule has 0 bridgehead atoms. The quantitative estimate of drug-likeness (QED) is 0.586. The predicted molar refractivity (Wildman–Crippen MR) is 73.1 cm³/mol. The van der Waals surface area contributed by atoms with Crippen LogP contribution in [-0.4, -0.2) is 40.2 Å². The van der Waals surface area contributed by atoms with Gasteiger partial charge in [0.15, 0.2) is 14.4 Å². The van der Waals surface area contributed by atoms with Crippen LogP contribution in [0.25, 0.3) is 0 Å². The maximum Gasteiger partial charge on any atom is 0.335 e. The molecule has 1 saturated heterocycles. The molecule has 1 aliphatic heterocycles. The second kappa shape index (κ2) is 5.71. The van der Waals surface area contributed by atoms with Gasteiger partial charge in [-0.25, -0.2) is 4.79 Å². The second-order valence-corrected chi connectivity index (χ2v) is 11.2. The fourth-order valence-corrected chi connectivity index (χ4v) is 3.16. The van der Waals surface area contributed by atoms with Crippen LogP contribution in [0.2, 0.25) is 18.1 Å². The van der Waals surface area contributed by atoms with E-state index in [1.165, 1.54) is 7.11 Å². The zero-order valence-corrected chi connectivity index (χ0v) is 13.4. The van der Waals surface area contributed by atoms with Gasteiger partial charge in [0, 0.05) is 6.42 Å². The van der Waals surface area contributed by atoms with Gasteiger partial charge in [-0.2, -0.15) is 0 Å². The van der Waals surface area contributed by atoms with Crippen LogP contribution in [0.15, 0.2) is 0 Å². The molecule has 0 saturated carbocycles. The highest BCUT2D eigenvalue weighted by atomic mass is 28.4. The van der Waals surface area contributed by atoms with Crippen LogP contribution < -0.4 is 0 Å². The Kier molecular flexibility index (Phi) is 4.97. The van der Waals surface area contributed by atoms with Crippen molar-refractivity contribution in [2.45, 2.75) is 64.0 Å². The highest BCUT2D eigenvalue weighted by Crippen LogP contribution is 2.38. The minimum absolute atomic E-state index is 0.115. The van der Waals surface area contributed by atoms with Crippen LogP contribution >= 0.6 is 0 Å². The lowest BCUT2D eigenvalue weighted by Gasteiger charge is -2.41. The SMILES string of the molecule is COC(=O)C1CC(O[Si](C)(C)C(C)(C)C)CCO1. The van der Waals surface area contributed by atoms with Crippen molar-refractivity contribution in [1.29, 1.82) is 0 Å². The van der Waals surface area contributed by atoms with E-state index in [1.807, 2.05) is 0 Å². The lowest BCUT2D eigenvalue weighted by atomic mass is 10.1. The molecule has 0 aromatic rings. The van der Waals surface area contributed by atoms with Crippen molar-refractivity contribution in [1.82, 2.24) is 0 Å². The topological polar surface area (TPSA) is 44.8 Å². The third kappa shape index (κ3) is 3.80. The number of esters is 1. The summed E-state index contributed by atoms with van der Waals surface area (Å²) in [6.07, 6.45) is 1.13. The third-order valence-corrected chi connectivity index (χ3v) is 8.50. The lowest BCUT2D eigenvalue weighted by molar-refractivity contribution is -0.160. The molecule has 106 valence electrons. The summed E-state index contributed by atoms with van der Waals surface area (Å²) < 4.78 is 16.5. The van der Waals surface area contributed by atoms with E-state index in [0.29, 0.717) is 13.0 Å². The van der Waals surface area contributed by atoms with E-state index in [0.717, 1.165) is 6.42 Å². The maximum absolute atomic E-state index is 11.5. The van der Waals surface area contributed by atoms with Crippen LogP contribution in [0.3, 0.4) is 0 Å².